The maximum atomic E-state index is 12.9. The molecule has 0 saturated heterocycles. The number of rotatable bonds is 6. The molecule has 0 aromatic carbocycles. The molecule has 0 atom stereocenters. The highest BCUT2D eigenvalue weighted by molar-refractivity contribution is 7.13. The fraction of sp³-hybridized carbons (Fsp3) is 0.421. The van der Waals surface area contributed by atoms with Crippen LogP contribution in [0.3, 0.4) is 0 Å². The third-order valence-corrected chi connectivity index (χ3v) is 5.81. The zero-order valence-electron chi connectivity index (χ0n) is 17.5. The van der Waals surface area contributed by atoms with Crippen LogP contribution in [0, 0.1) is 0 Å². The summed E-state index contributed by atoms with van der Waals surface area (Å²) >= 11 is 1.61. The van der Waals surface area contributed by atoms with Crippen LogP contribution in [0.5, 0.6) is 0 Å². The number of hydrogen-bond acceptors (Lipinski definition) is 6. The number of nitrogens with zero attached hydrogens (tertiary/aromatic N) is 3. The molecule has 0 unspecified atom stereocenters. The van der Waals surface area contributed by atoms with E-state index < -0.39 is 23.9 Å². The quantitative estimate of drug-likeness (QED) is 0.531. The summed E-state index contributed by atoms with van der Waals surface area (Å²) in [6, 6.07) is 4.02. The number of carboxylic acid groups (broad SMARTS) is 1. The molecule has 0 bridgehead atoms. The van der Waals surface area contributed by atoms with Gasteiger partial charge in [-0.25, -0.2) is 14.7 Å². The third-order valence-electron chi connectivity index (χ3n) is 4.67. The minimum Gasteiger partial charge on any atom is -0.475 e. The summed E-state index contributed by atoms with van der Waals surface area (Å²) in [4.78, 5) is 25.3. The molecule has 14 heteroatoms. The Hall–Kier alpha value is -2.84. The molecular weight excluding hydrogens is 473 g/mol. The number of likely N-dealkylation sites (N-methyl/N-ethyl adjacent to an activating group) is 1. The van der Waals surface area contributed by atoms with Crippen molar-refractivity contribution in [3.63, 3.8) is 0 Å². The van der Waals surface area contributed by atoms with Gasteiger partial charge >= 0.3 is 17.8 Å². The molecule has 0 spiro atoms. The Labute approximate surface area is 188 Å². The van der Waals surface area contributed by atoms with E-state index in [1.807, 2.05) is 12.1 Å². The number of aliphatic carboxylic acids is 1. The van der Waals surface area contributed by atoms with Gasteiger partial charge in [0.1, 0.15) is 5.82 Å². The van der Waals surface area contributed by atoms with Gasteiger partial charge in [0, 0.05) is 41.4 Å². The van der Waals surface area contributed by atoms with E-state index >= 15 is 0 Å². The van der Waals surface area contributed by atoms with Gasteiger partial charge in [0.05, 0.1) is 6.54 Å². The molecule has 4 N–H and O–H groups in total. The maximum Gasteiger partial charge on any atom is 0.490 e. The summed E-state index contributed by atoms with van der Waals surface area (Å²) in [5.74, 6) is -2.50. The van der Waals surface area contributed by atoms with E-state index in [1.165, 1.54) is 15.0 Å². The normalized spacial score (nSPS) is 14.3. The minimum absolute atomic E-state index is 0.146. The van der Waals surface area contributed by atoms with Gasteiger partial charge in [0.25, 0.3) is 6.08 Å². The molecule has 2 aromatic heterocycles. The zero-order chi connectivity index (χ0) is 24.8. The second-order valence-corrected chi connectivity index (χ2v) is 8.25. The third kappa shape index (κ3) is 7.61. The molecule has 182 valence electrons. The molecule has 0 saturated carbocycles. The number of nitrogens with two attached hydrogens (primary N) is 1. The molecule has 8 nitrogen and oxygen atoms in total. The largest absolute Gasteiger partial charge is 0.490 e. The Morgan fingerprint density at radius 2 is 2.00 bits per heavy atom. The second kappa shape index (κ2) is 11.3. The first-order valence-electron chi connectivity index (χ1n) is 9.56. The average Bonchev–Trinajstić information content (AvgIpc) is 3.34. The second-order valence-electron chi connectivity index (χ2n) is 7.09. The van der Waals surface area contributed by atoms with Gasteiger partial charge in [-0.1, -0.05) is 6.08 Å². The van der Waals surface area contributed by atoms with Crippen LogP contribution in [-0.4, -0.2) is 63.6 Å². The van der Waals surface area contributed by atoms with Gasteiger partial charge < -0.3 is 15.7 Å². The van der Waals surface area contributed by atoms with Gasteiger partial charge in [0.2, 0.25) is 0 Å². The lowest BCUT2D eigenvalue weighted by Crippen LogP contribution is -2.23. The van der Waals surface area contributed by atoms with Crippen molar-refractivity contribution >= 4 is 22.9 Å². The lowest BCUT2D eigenvalue weighted by atomic mass is 10.1. The van der Waals surface area contributed by atoms with Gasteiger partial charge in [-0.3, -0.25) is 4.57 Å². The Balaban J connectivity index is 0.000000479. The zero-order valence-corrected chi connectivity index (χ0v) is 18.3. The number of nitrogens with one attached hydrogen (secondary N) is 1. The first kappa shape index (κ1) is 26.4. The van der Waals surface area contributed by atoms with Gasteiger partial charge in [-0.15, -0.1) is 11.3 Å². The molecule has 0 amide bonds. The summed E-state index contributed by atoms with van der Waals surface area (Å²) in [7, 11) is 2.09. The van der Waals surface area contributed by atoms with Crippen LogP contribution < -0.4 is 11.4 Å². The lowest BCUT2D eigenvalue weighted by Gasteiger charge is -2.21. The minimum atomic E-state index is -5.08. The van der Waals surface area contributed by atoms with Crippen molar-refractivity contribution < 1.29 is 31.9 Å². The van der Waals surface area contributed by atoms with Gasteiger partial charge in [-0.05, 0) is 31.2 Å². The standard InChI is InChI=1S/C17H21F2N5OS.C2HF3O2/c1-23-6-4-11(5-7-23)14-3-2-13(26-14)10-24-15(21-22-17(24)25)8-12(9-20)16(18)19;3-2(4,5)1(6)7/h2-4H,5-10,20H2,1H3,(H,22,25);(H,6,7). The van der Waals surface area contributed by atoms with E-state index in [2.05, 4.69) is 28.2 Å². The fourth-order valence-corrected chi connectivity index (χ4v) is 3.91. The van der Waals surface area contributed by atoms with E-state index in [1.54, 1.807) is 11.3 Å². The number of alkyl halides is 3. The van der Waals surface area contributed by atoms with Gasteiger partial charge in [-0.2, -0.15) is 27.1 Å². The maximum absolute atomic E-state index is 12.9. The van der Waals surface area contributed by atoms with Crippen molar-refractivity contribution in [3.8, 4) is 0 Å². The summed E-state index contributed by atoms with van der Waals surface area (Å²) in [6.45, 7) is 1.98. The van der Waals surface area contributed by atoms with Crippen molar-refractivity contribution in [2.24, 2.45) is 5.73 Å². The molecule has 0 aliphatic carbocycles. The summed E-state index contributed by atoms with van der Waals surface area (Å²) in [5.41, 5.74) is 6.04. The highest BCUT2D eigenvalue weighted by Gasteiger charge is 2.38. The summed E-state index contributed by atoms with van der Waals surface area (Å²) < 4.78 is 58.8. The van der Waals surface area contributed by atoms with E-state index in [0.717, 1.165) is 24.4 Å². The molecule has 0 radical (unpaired) electrons. The predicted octanol–water partition coefficient (Wildman–Crippen LogP) is 2.69. The molecule has 33 heavy (non-hydrogen) atoms. The molecule has 2 aromatic rings. The summed E-state index contributed by atoms with van der Waals surface area (Å²) in [6.07, 6.45) is -3.83. The fourth-order valence-electron chi connectivity index (χ4n) is 2.84. The number of carboxylic acids is 1. The van der Waals surface area contributed by atoms with Crippen LogP contribution in [0.4, 0.5) is 22.0 Å². The van der Waals surface area contributed by atoms with Crippen molar-refractivity contribution in [2.75, 3.05) is 26.7 Å². The van der Waals surface area contributed by atoms with E-state index in [0.29, 0.717) is 6.54 Å². The monoisotopic (exact) mass is 495 g/mol. The molecule has 1 aliphatic heterocycles. The number of H-pyrrole nitrogens is 1. The van der Waals surface area contributed by atoms with Crippen LogP contribution >= 0.6 is 11.3 Å². The first-order chi connectivity index (χ1) is 15.4. The Bertz CT molecular complexity index is 1080. The SMILES string of the molecule is CN1CC=C(c2ccc(Cn3c(CC(CN)=C(F)F)n[nH]c3=O)s2)CC1.O=C(O)C(F)(F)F. The van der Waals surface area contributed by atoms with Gasteiger partial charge in [0.15, 0.2) is 0 Å². The lowest BCUT2D eigenvalue weighted by molar-refractivity contribution is -0.192. The number of thiophene rings is 1. The highest BCUT2D eigenvalue weighted by atomic mass is 32.1. The van der Waals surface area contributed by atoms with Crippen LogP contribution in [0.25, 0.3) is 5.57 Å². The van der Waals surface area contributed by atoms with Crippen LogP contribution in [-0.2, 0) is 17.8 Å². The number of carbonyl (C=O) groups is 1. The number of halogens is 5. The number of aromatic amines is 1. The van der Waals surface area contributed by atoms with Crippen LogP contribution in [0.15, 0.2) is 34.7 Å². The molecule has 1 aliphatic rings. The number of hydrogen-bond donors (Lipinski definition) is 3. The van der Waals surface area contributed by atoms with E-state index in [-0.39, 0.29) is 24.4 Å². The van der Waals surface area contributed by atoms with Crippen molar-refractivity contribution in [1.29, 1.82) is 0 Å². The molecule has 0 fully saturated rings. The van der Waals surface area contributed by atoms with Crippen LogP contribution in [0.1, 0.15) is 22.0 Å². The Morgan fingerprint density at radius 1 is 1.33 bits per heavy atom. The highest BCUT2D eigenvalue weighted by Crippen LogP contribution is 2.29. The topological polar surface area (TPSA) is 117 Å². The van der Waals surface area contributed by atoms with Crippen molar-refractivity contribution in [2.45, 2.75) is 25.6 Å². The summed E-state index contributed by atoms with van der Waals surface area (Å²) in [5, 5.41) is 13.3. The average molecular weight is 495 g/mol. The van der Waals surface area contributed by atoms with Crippen molar-refractivity contribution in [3.05, 3.63) is 55.9 Å². The smallest absolute Gasteiger partial charge is 0.475 e. The molecule has 3 heterocycles. The van der Waals surface area contributed by atoms with E-state index in [4.69, 9.17) is 15.6 Å². The Morgan fingerprint density at radius 3 is 2.52 bits per heavy atom. The van der Waals surface area contributed by atoms with Crippen molar-refractivity contribution in [1.82, 2.24) is 19.7 Å². The predicted molar refractivity (Wildman–Crippen MR) is 112 cm³/mol. The number of aromatic nitrogens is 3. The first-order valence-corrected chi connectivity index (χ1v) is 10.4. The molecular formula is C19H22F5N5O3S. The molecule has 3 rings (SSSR count). The Kier molecular flexibility index (Phi) is 9.07. The van der Waals surface area contributed by atoms with Crippen LogP contribution in [0.2, 0.25) is 0 Å². The van der Waals surface area contributed by atoms with E-state index in [9.17, 15) is 26.7 Å².